The molecule has 3 rings (SSSR count). The number of carbonyl (C=O) groups is 2. The van der Waals surface area contributed by atoms with E-state index in [0.29, 0.717) is 24.9 Å². The summed E-state index contributed by atoms with van der Waals surface area (Å²) in [7, 11) is 0. The van der Waals surface area contributed by atoms with E-state index >= 15 is 0 Å². The fraction of sp³-hybridized carbons (Fsp3) is 0.421. The molecule has 1 unspecified atom stereocenters. The molecular formula is C19H24N4O2. The molecule has 0 aliphatic carbocycles. The number of aryl methyl sites for hydroxylation is 3. The molecule has 0 saturated heterocycles. The van der Waals surface area contributed by atoms with Crippen LogP contribution in [0.25, 0.3) is 0 Å². The lowest BCUT2D eigenvalue weighted by Gasteiger charge is -2.18. The minimum Gasteiger partial charge on any atom is -0.352 e. The van der Waals surface area contributed by atoms with Gasteiger partial charge in [0.1, 0.15) is 0 Å². The summed E-state index contributed by atoms with van der Waals surface area (Å²) in [6.07, 6.45) is 1.15. The Labute approximate surface area is 147 Å². The Bertz CT molecular complexity index is 810. The molecule has 2 heterocycles. The average Bonchev–Trinajstić information content (AvgIpc) is 2.89. The van der Waals surface area contributed by atoms with Crippen LogP contribution in [0.15, 0.2) is 24.3 Å². The van der Waals surface area contributed by atoms with Gasteiger partial charge < -0.3 is 10.6 Å². The maximum Gasteiger partial charge on any atom is 0.251 e. The summed E-state index contributed by atoms with van der Waals surface area (Å²) < 4.78 is 1.98. The zero-order valence-electron chi connectivity index (χ0n) is 14.9. The van der Waals surface area contributed by atoms with Crippen molar-refractivity contribution in [3.63, 3.8) is 0 Å². The van der Waals surface area contributed by atoms with Gasteiger partial charge in [-0.25, -0.2) is 0 Å². The van der Waals surface area contributed by atoms with Crippen LogP contribution in [0.4, 0.5) is 5.69 Å². The van der Waals surface area contributed by atoms with Gasteiger partial charge >= 0.3 is 0 Å². The quantitative estimate of drug-likeness (QED) is 0.878. The van der Waals surface area contributed by atoms with Crippen molar-refractivity contribution in [2.24, 2.45) is 5.92 Å². The van der Waals surface area contributed by atoms with Crippen LogP contribution in [0, 0.1) is 19.8 Å². The number of benzene rings is 1. The first kappa shape index (κ1) is 17.2. The summed E-state index contributed by atoms with van der Waals surface area (Å²) in [6.45, 7) is 7.48. The van der Waals surface area contributed by atoms with Crippen LogP contribution in [0.2, 0.25) is 0 Å². The Morgan fingerprint density at radius 3 is 2.84 bits per heavy atom. The van der Waals surface area contributed by atoms with Gasteiger partial charge in [0.25, 0.3) is 5.91 Å². The number of anilines is 1. The van der Waals surface area contributed by atoms with E-state index in [1.165, 1.54) is 0 Å². The lowest BCUT2D eigenvalue weighted by molar-refractivity contribution is -0.116. The summed E-state index contributed by atoms with van der Waals surface area (Å²) in [5.41, 5.74) is 4.60. The van der Waals surface area contributed by atoms with Crippen molar-refractivity contribution in [2.45, 2.75) is 40.2 Å². The second-order valence-electron chi connectivity index (χ2n) is 6.84. The summed E-state index contributed by atoms with van der Waals surface area (Å²) in [6, 6.07) is 7.49. The fourth-order valence-corrected chi connectivity index (χ4v) is 3.11. The lowest BCUT2D eigenvalue weighted by atomic mass is 10.00. The van der Waals surface area contributed by atoms with E-state index in [0.717, 1.165) is 29.2 Å². The summed E-state index contributed by atoms with van der Waals surface area (Å²) in [5, 5.41) is 10.3. The van der Waals surface area contributed by atoms with Gasteiger partial charge in [0, 0.05) is 36.5 Å². The minimum absolute atomic E-state index is 0.0303. The highest BCUT2D eigenvalue weighted by Crippen LogP contribution is 2.23. The number of amides is 2. The van der Waals surface area contributed by atoms with Crippen molar-refractivity contribution in [3.8, 4) is 0 Å². The Morgan fingerprint density at radius 1 is 1.32 bits per heavy atom. The zero-order chi connectivity index (χ0) is 18.0. The van der Waals surface area contributed by atoms with Crippen LogP contribution in [0.5, 0.6) is 0 Å². The molecule has 1 aromatic heterocycles. The second kappa shape index (κ2) is 7.09. The number of carbonyl (C=O) groups excluding carboxylic acids is 2. The first-order chi connectivity index (χ1) is 11.9. The monoisotopic (exact) mass is 340 g/mol. The highest BCUT2D eigenvalue weighted by Gasteiger charge is 2.17. The van der Waals surface area contributed by atoms with Crippen molar-refractivity contribution >= 4 is 17.5 Å². The minimum atomic E-state index is -0.0834. The molecule has 0 bridgehead atoms. The largest absolute Gasteiger partial charge is 0.352 e. The molecule has 0 radical (unpaired) electrons. The van der Waals surface area contributed by atoms with Gasteiger partial charge in [-0.3, -0.25) is 14.3 Å². The van der Waals surface area contributed by atoms with Gasteiger partial charge in [0.2, 0.25) is 5.91 Å². The molecule has 1 aromatic carbocycles. The molecule has 2 N–H and O–H groups in total. The third-order valence-electron chi connectivity index (χ3n) is 4.46. The number of aromatic nitrogens is 2. The Morgan fingerprint density at radius 2 is 2.12 bits per heavy atom. The van der Waals surface area contributed by atoms with E-state index in [-0.39, 0.29) is 17.7 Å². The van der Waals surface area contributed by atoms with Crippen LogP contribution in [-0.4, -0.2) is 28.1 Å². The van der Waals surface area contributed by atoms with Gasteiger partial charge in [-0.05, 0) is 56.0 Å². The first-order valence-corrected chi connectivity index (χ1v) is 8.64. The van der Waals surface area contributed by atoms with Gasteiger partial charge in [-0.15, -0.1) is 0 Å². The van der Waals surface area contributed by atoms with Crippen LogP contribution in [0.3, 0.4) is 0 Å². The van der Waals surface area contributed by atoms with Crippen LogP contribution >= 0.6 is 0 Å². The normalized spacial score (nSPS) is 14.6. The Hall–Kier alpha value is -2.63. The number of hydrogen-bond donors (Lipinski definition) is 2. The molecule has 0 spiro atoms. The molecule has 1 aliphatic rings. The van der Waals surface area contributed by atoms with E-state index in [1.54, 1.807) is 12.1 Å². The fourth-order valence-electron chi connectivity index (χ4n) is 3.11. The molecule has 6 nitrogen and oxygen atoms in total. The molecule has 1 atom stereocenters. The SMILES string of the molecule is Cc1cc(C)n(CC(C)CNC(=O)c2ccc3c(c2)CCC(=O)N3)n1. The van der Waals surface area contributed by atoms with Crippen molar-refractivity contribution in [1.82, 2.24) is 15.1 Å². The van der Waals surface area contributed by atoms with Crippen LogP contribution in [0.1, 0.15) is 40.7 Å². The van der Waals surface area contributed by atoms with E-state index < -0.39 is 0 Å². The highest BCUT2D eigenvalue weighted by molar-refractivity contribution is 5.97. The summed E-state index contributed by atoms with van der Waals surface area (Å²) >= 11 is 0. The van der Waals surface area contributed by atoms with E-state index in [2.05, 4.69) is 28.7 Å². The van der Waals surface area contributed by atoms with Crippen molar-refractivity contribution in [3.05, 3.63) is 46.8 Å². The molecule has 6 heteroatoms. The smallest absolute Gasteiger partial charge is 0.251 e. The van der Waals surface area contributed by atoms with E-state index in [4.69, 9.17) is 0 Å². The Balaban J connectivity index is 1.57. The molecule has 0 fully saturated rings. The van der Waals surface area contributed by atoms with Gasteiger partial charge in [-0.1, -0.05) is 6.92 Å². The van der Waals surface area contributed by atoms with Gasteiger partial charge in [0.05, 0.1) is 5.69 Å². The predicted molar refractivity (Wildman–Crippen MR) is 96.6 cm³/mol. The lowest BCUT2D eigenvalue weighted by Crippen LogP contribution is -2.30. The zero-order valence-corrected chi connectivity index (χ0v) is 14.9. The maximum atomic E-state index is 12.4. The third kappa shape index (κ3) is 4.07. The number of rotatable bonds is 5. The molecule has 2 amide bonds. The number of fused-ring (bicyclic) bond motifs is 1. The van der Waals surface area contributed by atoms with Gasteiger partial charge in [0.15, 0.2) is 0 Å². The van der Waals surface area contributed by atoms with Crippen molar-refractivity contribution in [2.75, 3.05) is 11.9 Å². The highest BCUT2D eigenvalue weighted by atomic mass is 16.2. The van der Waals surface area contributed by atoms with Gasteiger partial charge in [-0.2, -0.15) is 5.10 Å². The molecule has 0 saturated carbocycles. The number of nitrogens with zero attached hydrogens (tertiary/aromatic N) is 2. The standard InChI is InChI=1S/C19H24N4O2/c1-12(11-23-14(3)8-13(2)22-23)10-20-19(25)16-4-6-17-15(9-16)5-7-18(24)21-17/h4,6,8-9,12H,5,7,10-11H2,1-3H3,(H,20,25)(H,21,24). The van der Waals surface area contributed by atoms with E-state index in [1.807, 2.05) is 24.6 Å². The predicted octanol–water partition coefficient (Wildman–Crippen LogP) is 2.45. The molecular weight excluding hydrogens is 316 g/mol. The van der Waals surface area contributed by atoms with Crippen molar-refractivity contribution in [1.29, 1.82) is 0 Å². The van der Waals surface area contributed by atoms with Crippen LogP contribution in [-0.2, 0) is 17.8 Å². The van der Waals surface area contributed by atoms with E-state index in [9.17, 15) is 9.59 Å². The molecule has 1 aliphatic heterocycles. The number of nitrogens with one attached hydrogen (secondary N) is 2. The molecule has 25 heavy (non-hydrogen) atoms. The first-order valence-electron chi connectivity index (χ1n) is 8.64. The topological polar surface area (TPSA) is 76.0 Å². The summed E-state index contributed by atoms with van der Waals surface area (Å²) in [5.74, 6) is 0.224. The maximum absolute atomic E-state index is 12.4. The Kier molecular flexibility index (Phi) is 4.88. The van der Waals surface area contributed by atoms with Crippen LogP contribution < -0.4 is 10.6 Å². The summed E-state index contributed by atoms with van der Waals surface area (Å²) in [4.78, 5) is 23.8. The molecule has 2 aromatic rings. The third-order valence-corrected chi connectivity index (χ3v) is 4.46. The second-order valence-corrected chi connectivity index (χ2v) is 6.84. The van der Waals surface area contributed by atoms with Crippen molar-refractivity contribution < 1.29 is 9.59 Å². The number of hydrogen-bond acceptors (Lipinski definition) is 3. The molecule has 132 valence electrons. The average molecular weight is 340 g/mol.